The maximum atomic E-state index is 6.84. The van der Waals surface area contributed by atoms with Crippen LogP contribution in [-0.2, 0) is 42.7 Å². The van der Waals surface area contributed by atoms with Gasteiger partial charge in [-0.05, 0) is 97.7 Å². The van der Waals surface area contributed by atoms with Crippen LogP contribution in [0.4, 0.5) is 11.4 Å². The zero-order valence-corrected chi connectivity index (χ0v) is 41.8. The summed E-state index contributed by atoms with van der Waals surface area (Å²) in [4.78, 5) is 9.28. The normalized spacial score (nSPS) is 13.5. The number of hydrogen-bond donors (Lipinski definition) is 0. The minimum absolute atomic E-state index is 0. The molecule has 6 aromatic carbocycles. The summed E-state index contributed by atoms with van der Waals surface area (Å²) in [5.74, 6) is 2.04. The molecule has 65 heavy (non-hydrogen) atoms. The Bertz CT molecular complexity index is 3000. The average Bonchev–Trinajstić information content (AvgIpc) is 3.89. The van der Waals surface area contributed by atoms with Gasteiger partial charge in [-0.25, -0.2) is 4.98 Å². The summed E-state index contributed by atoms with van der Waals surface area (Å²) in [7, 11) is 0. The van der Waals surface area contributed by atoms with Crippen molar-refractivity contribution in [3.8, 4) is 28.4 Å². The molecule has 0 bridgehead atoms. The zero-order chi connectivity index (χ0) is 45.2. The van der Waals surface area contributed by atoms with Crippen LogP contribution in [0.1, 0.15) is 104 Å². The molecule has 8 aromatic rings. The molecular formula is C59H59N4OPt-3. The molecule has 6 heteroatoms. The molecule has 0 spiro atoms. The molecule has 334 valence electrons. The van der Waals surface area contributed by atoms with E-state index >= 15 is 0 Å². The van der Waals surface area contributed by atoms with Crippen molar-refractivity contribution in [3.63, 3.8) is 0 Å². The van der Waals surface area contributed by atoms with Crippen LogP contribution in [-0.4, -0.2) is 9.55 Å². The van der Waals surface area contributed by atoms with Crippen LogP contribution in [0.5, 0.6) is 11.5 Å². The van der Waals surface area contributed by atoms with Gasteiger partial charge in [0.15, 0.2) is 0 Å². The summed E-state index contributed by atoms with van der Waals surface area (Å²) in [6.07, 6.45) is 6.13. The Morgan fingerprint density at radius 2 is 1.15 bits per heavy atom. The van der Waals surface area contributed by atoms with Gasteiger partial charge in [0.1, 0.15) is 5.82 Å². The van der Waals surface area contributed by atoms with E-state index in [0.29, 0.717) is 11.5 Å². The molecule has 9 rings (SSSR count). The second kappa shape index (κ2) is 17.1. The minimum atomic E-state index is -0.205. The Labute approximate surface area is 401 Å². The molecule has 1 aliphatic heterocycles. The molecule has 0 N–H and O–H groups in total. The third-order valence-corrected chi connectivity index (χ3v) is 12.7. The molecule has 3 heterocycles. The fourth-order valence-electron chi connectivity index (χ4n) is 8.55. The van der Waals surface area contributed by atoms with E-state index in [1.165, 1.54) is 27.8 Å². The Morgan fingerprint density at radius 3 is 1.82 bits per heavy atom. The number of pyridine rings is 1. The molecule has 0 atom stereocenters. The number of nitrogens with zero attached hydrogens (tertiary/aromatic N) is 4. The first kappa shape index (κ1) is 45.7. The van der Waals surface area contributed by atoms with Crippen molar-refractivity contribution in [2.45, 2.75) is 97.8 Å². The van der Waals surface area contributed by atoms with Crippen molar-refractivity contribution in [1.82, 2.24) is 9.55 Å². The maximum Gasteiger partial charge on any atom is 0.135 e. The van der Waals surface area contributed by atoms with Gasteiger partial charge < -0.3 is 19.1 Å². The van der Waals surface area contributed by atoms with Crippen molar-refractivity contribution in [1.29, 1.82) is 0 Å². The van der Waals surface area contributed by atoms with Gasteiger partial charge in [-0.3, -0.25) is 0 Å². The minimum Gasteiger partial charge on any atom is -0.509 e. The number of rotatable bonds is 8. The van der Waals surface area contributed by atoms with Crippen LogP contribution in [0.3, 0.4) is 0 Å². The summed E-state index contributed by atoms with van der Waals surface area (Å²) < 4.78 is 9.08. The van der Waals surface area contributed by atoms with Gasteiger partial charge in [-0.15, -0.1) is 53.6 Å². The van der Waals surface area contributed by atoms with Gasteiger partial charge in [0.05, 0.1) is 0 Å². The molecule has 0 amide bonds. The number of fused-ring (bicyclic) bond motifs is 3. The van der Waals surface area contributed by atoms with Gasteiger partial charge >= 0.3 is 0 Å². The van der Waals surface area contributed by atoms with Gasteiger partial charge in [-0.1, -0.05) is 161 Å². The van der Waals surface area contributed by atoms with E-state index in [9.17, 15) is 0 Å². The van der Waals surface area contributed by atoms with Crippen LogP contribution < -0.4 is 14.5 Å². The first-order valence-corrected chi connectivity index (χ1v) is 22.4. The van der Waals surface area contributed by atoms with E-state index in [4.69, 9.17) is 9.72 Å². The molecule has 0 fully saturated rings. The predicted octanol–water partition coefficient (Wildman–Crippen LogP) is 15.4. The molecule has 2 aromatic heterocycles. The fourth-order valence-corrected chi connectivity index (χ4v) is 8.55. The molecule has 1 aliphatic rings. The summed E-state index contributed by atoms with van der Waals surface area (Å²) in [5.41, 5.74) is 12.2. The first-order chi connectivity index (χ1) is 30.3. The van der Waals surface area contributed by atoms with Crippen molar-refractivity contribution in [2.24, 2.45) is 0 Å². The van der Waals surface area contributed by atoms with Crippen LogP contribution in [0.25, 0.3) is 38.8 Å². The zero-order valence-electron chi connectivity index (χ0n) is 39.5. The number of anilines is 2. The van der Waals surface area contributed by atoms with Crippen LogP contribution in [0.2, 0.25) is 0 Å². The average molecular weight is 1040 g/mol. The number of hydrogen-bond acceptors (Lipinski definition) is 4. The van der Waals surface area contributed by atoms with Crippen molar-refractivity contribution in [3.05, 3.63) is 199 Å². The van der Waals surface area contributed by atoms with Crippen molar-refractivity contribution < 1.29 is 25.8 Å². The second-order valence-corrected chi connectivity index (χ2v) is 20.9. The van der Waals surface area contributed by atoms with Crippen LogP contribution >= 0.6 is 0 Å². The standard InChI is InChI=1S/C59H59N4O.Pt/c1-56(2,3)43-26-27-60-55(36-43)63-53-25-22-44(59(10,11)42-20-16-13-17-21-42)35-52(53)51-24-23-49(38-54(51)63)64-50-31-41(40-18-14-12-15-19-40)30-47(37-50)61-28-29-62(39-61)48-33-45(57(4,5)6)32-46(34-48)58(7,8)9;/h12-36,39H,1-11H3;/q-3;. The van der Waals surface area contributed by atoms with Crippen molar-refractivity contribution >= 4 is 33.2 Å². The maximum absolute atomic E-state index is 6.84. The van der Waals surface area contributed by atoms with Crippen LogP contribution in [0.15, 0.2) is 152 Å². The third kappa shape index (κ3) is 9.18. The molecule has 0 saturated carbocycles. The number of ether oxygens (including phenoxy) is 1. The molecule has 0 radical (unpaired) electrons. The van der Waals surface area contributed by atoms with E-state index in [1.54, 1.807) is 0 Å². The summed E-state index contributed by atoms with van der Waals surface area (Å²) in [5, 5.41) is 2.23. The molecular weight excluding hydrogens is 976 g/mol. The SMILES string of the molecule is CC(C)(C)c1cc(N2C=CN(c3[c-]c(Oc4[c-]c5c(cc4)c4cc(C(C)(C)c6ccccc6)ccc4n5-c4cc(C(C)(C)C)ccn4)cc(-c4ccccc4)c3)[CH-]2)cc(C(C)(C)C)c1.[Pt]. The Balaban J connectivity index is 0.00000576. The quantitative estimate of drug-likeness (QED) is 0.142. The fraction of sp³-hybridized carbons (Fsp3) is 0.254. The summed E-state index contributed by atoms with van der Waals surface area (Å²) in [6, 6.07) is 55.1. The second-order valence-electron chi connectivity index (χ2n) is 20.9. The van der Waals surface area contributed by atoms with Crippen molar-refractivity contribution in [2.75, 3.05) is 9.80 Å². The van der Waals surface area contributed by atoms with E-state index in [2.05, 4.69) is 243 Å². The molecule has 0 saturated heterocycles. The summed E-state index contributed by atoms with van der Waals surface area (Å²) in [6.45, 7) is 27.1. The summed E-state index contributed by atoms with van der Waals surface area (Å²) >= 11 is 0. The Morgan fingerprint density at radius 1 is 0.508 bits per heavy atom. The van der Waals surface area contributed by atoms with Crippen LogP contribution in [0, 0.1) is 18.8 Å². The monoisotopic (exact) mass is 1030 g/mol. The Kier molecular flexibility index (Phi) is 12.0. The van der Waals surface area contributed by atoms with Gasteiger partial charge in [-0.2, -0.15) is 6.07 Å². The first-order valence-electron chi connectivity index (χ1n) is 22.4. The molecule has 0 aliphatic carbocycles. The topological polar surface area (TPSA) is 33.5 Å². The van der Waals surface area contributed by atoms with E-state index < -0.39 is 0 Å². The van der Waals surface area contributed by atoms with Gasteiger partial charge in [0.25, 0.3) is 0 Å². The number of benzene rings is 6. The van der Waals surface area contributed by atoms with Gasteiger partial charge in [0, 0.05) is 55.4 Å². The smallest absolute Gasteiger partial charge is 0.135 e. The Hall–Kier alpha value is -5.90. The van der Waals surface area contributed by atoms with E-state index in [-0.39, 0.29) is 42.7 Å². The van der Waals surface area contributed by atoms with E-state index in [1.807, 2.05) is 18.3 Å². The number of aromatic nitrogens is 2. The molecule has 0 unspecified atom stereocenters. The predicted molar refractivity (Wildman–Crippen MR) is 268 cm³/mol. The van der Waals surface area contributed by atoms with E-state index in [0.717, 1.165) is 50.1 Å². The van der Waals surface area contributed by atoms with Gasteiger partial charge in [0.2, 0.25) is 0 Å². The largest absolute Gasteiger partial charge is 0.509 e. The molecule has 5 nitrogen and oxygen atoms in total. The third-order valence-electron chi connectivity index (χ3n) is 12.7.